The van der Waals surface area contributed by atoms with Crippen LogP contribution in [0.15, 0.2) is 29.3 Å². The maximum absolute atomic E-state index is 11.5. The Morgan fingerprint density at radius 3 is 2.95 bits per heavy atom. The van der Waals surface area contributed by atoms with E-state index in [-0.39, 0.29) is 11.7 Å². The van der Waals surface area contributed by atoms with Crippen molar-refractivity contribution in [2.75, 3.05) is 24.6 Å². The van der Waals surface area contributed by atoms with Crippen molar-refractivity contribution in [3.63, 3.8) is 0 Å². The van der Waals surface area contributed by atoms with Crippen molar-refractivity contribution in [3.05, 3.63) is 46.4 Å². The van der Waals surface area contributed by atoms with Crippen molar-refractivity contribution in [3.8, 4) is 0 Å². The highest BCUT2D eigenvalue weighted by atomic mass is 16.5. The lowest BCUT2D eigenvalue weighted by molar-refractivity contribution is 0.0332. The molecule has 104 valence electrons. The second-order valence-electron chi connectivity index (χ2n) is 4.63. The molecule has 3 rings (SSSR count). The summed E-state index contributed by atoms with van der Waals surface area (Å²) in [6.07, 6.45) is 3.14. The average Bonchev–Trinajstić information content (AvgIpc) is 2.47. The molecule has 0 bridgehead atoms. The Balaban J connectivity index is 1.83. The number of morpholine rings is 1. The number of hydrogen-bond acceptors (Lipinski definition) is 6. The molecule has 3 heterocycles. The molecular weight excluding hydrogens is 258 g/mol. The van der Waals surface area contributed by atoms with Crippen LogP contribution < -0.4 is 10.5 Å². The van der Waals surface area contributed by atoms with Gasteiger partial charge in [0.25, 0.3) is 5.56 Å². The van der Waals surface area contributed by atoms with Crippen LogP contribution in [0, 0.1) is 6.92 Å². The highest BCUT2D eigenvalue weighted by Crippen LogP contribution is 2.21. The Bertz CT molecular complexity index is 643. The van der Waals surface area contributed by atoms with Gasteiger partial charge in [0.1, 0.15) is 11.9 Å². The molecule has 1 N–H and O–H groups in total. The molecule has 1 fully saturated rings. The van der Waals surface area contributed by atoms with E-state index < -0.39 is 0 Å². The summed E-state index contributed by atoms with van der Waals surface area (Å²) in [4.78, 5) is 29.1. The summed E-state index contributed by atoms with van der Waals surface area (Å²) in [5.41, 5.74) is 0.518. The zero-order valence-corrected chi connectivity index (χ0v) is 11.1. The first-order chi connectivity index (χ1) is 9.72. The normalized spacial score (nSPS) is 19.1. The SMILES string of the molecule is Cc1cc(=O)[nH]c([C@H]2CN(c3ncccn3)CCO2)n1. The molecule has 2 aromatic heterocycles. The van der Waals surface area contributed by atoms with Crippen LogP contribution >= 0.6 is 0 Å². The van der Waals surface area contributed by atoms with E-state index in [0.29, 0.717) is 30.6 Å². The first-order valence-electron chi connectivity index (χ1n) is 6.44. The molecule has 0 aromatic carbocycles. The number of hydrogen-bond donors (Lipinski definition) is 1. The highest BCUT2D eigenvalue weighted by Gasteiger charge is 2.25. The summed E-state index contributed by atoms with van der Waals surface area (Å²) in [6.45, 7) is 3.62. The van der Waals surface area contributed by atoms with Gasteiger partial charge in [-0.3, -0.25) is 4.79 Å². The Morgan fingerprint density at radius 2 is 2.20 bits per heavy atom. The number of aromatic amines is 1. The number of nitrogens with zero attached hydrogens (tertiary/aromatic N) is 4. The van der Waals surface area contributed by atoms with Crippen LogP contribution in [0.4, 0.5) is 5.95 Å². The molecule has 7 heteroatoms. The van der Waals surface area contributed by atoms with Gasteiger partial charge >= 0.3 is 0 Å². The second-order valence-corrected chi connectivity index (χ2v) is 4.63. The van der Waals surface area contributed by atoms with Crippen molar-refractivity contribution in [2.45, 2.75) is 13.0 Å². The number of aryl methyl sites for hydroxylation is 1. The molecular formula is C13H15N5O2. The lowest BCUT2D eigenvalue weighted by Gasteiger charge is -2.32. The summed E-state index contributed by atoms with van der Waals surface area (Å²) < 4.78 is 5.70. The zero-order valence-electron chi connectivity index (χ0n) is 11.1. The number of rotatable bonds is 2. The monoisotopic (exact) mass is 273 g/mol. The molecule has 0 saturated carbocycles. The predicted molar refractivity (Wildman–Crippen MR) is 72.5 cm³/mol. The van der Waals surface area contributed by atoms with Crippen LogP contribution in [0.25, 0.3) is 0 Å². The van der Waals surface area contributed by atoms with Crippen LogP contribution in [0.3, 0.4) is 0 Å². The van der Waals surface area contributed by atoms with Gasteiger partial charge in [-0.2, -0.15) is 0 Å². The topological polar surface area (TPSA) is 84.0 Å². The van der Waals surface area contributed by atoms with Gasteiger partial charge in [-0.05, 0) is 13.0 Å². The third kappa shape index (κ3) is 2.67. The first-order valence-corrected chi connectivity index (χ1v) is 6.44. The molecule has 1 aliphatic rings. The fraction of sp³-hybridized carbons (Fsp3) is 0.385. The van der Waals surface area contributed by atoms with E-state index in [4.69, 9.17) is 4.74 Å². The number of ether oxygens (including phenoxy) is 1. The molecule has 0 amide bonds. The third-order valence-electron chi connectivity index (χ3n) is 3.09. The summed E-state index contributed by atoms with van der Waals surface area (Å²) in [5, 5.41) is 0. The second kappa shape index (κ2) is 5.38. The van der Waals surface area contributed by atoms with Gasteiger partial charge in [0.05, 0.1) is 13.2 Å². The van der Waals surface area contributed by atoms with Crippen LogP contribution in [0.5, 0.6) is 0 Å². The van der Waals surface area contributed by atoms with Gasteiger partial charge in [-0.25, -0.2) is 15.0 Å². The Labute approximate surface area is 115 Å². The molecule has 0 spiro atoms. The van der Waals surface area contributed by atoms with E-state index in [2.05, 4.69) is 19.9 Å². The fourth-order valence-corrected chi connectivity index (χ4v) is 2.21. The van der Waals surface area contributed by atoms with Crippen LogP contribution in [-0.4, -0.2) is 39.6 Å². The first kappa shape index (κ1) is 12.7. The minimum Gasteiger partial charge on any atom is -0.367 e. The Morgan fingerprint density at radius 1 is 1.40 bits per heavy atom. The minimum atomic E-state index is -0.278. The predicted octanol–water partition coefficient (Wildman–Crippen LogP) is 0.446. The highest BCUT2D eigenvalue weighted by molar-refractivity contribution is 5.29. The van der Waals surface area contributed by atoms with Gasteiger partial charge in [0, 0.05) is 30.7 Å². The number of aromatic nitrogens is 4. The van der Waals surface area contributed by atoms with Gasteiger partial charge in [0.15, 0.2) is 0 Å². The minimum absolute atomic E-state index is 0.163. The molecule has 0 aliphatic carbocycles. The molecule has 1 aliphatic heterocycles. The summed E-state index contributed by atoms with van der Waals surface area (Å²) >= 11 is 0. The fourth-order valence-electron chi connectivity index (χ4n) is 2.21. The van der Waals surface area contributed by atoms with Gasteiger partial charge < -0.3 is 14.6 Å². The van der Waals surface area contributed by atoms with Crippen molar-refractivity contribution >= 4 is 5.95 Å². The van der Waals surface area contributed by atoms with Gasteiger partial charge in [-0.15, -0.1) is 0 Å². The standard InChI is InChI=1S/C13H15N5O2/c1-9-7-11(19)17-12(16-9)10-8-18(5-6-20-10)13-14-3-2-4-15-13/h2-4,7,10H,5-6,8H2,1H3,(H,16,17,19)/t10-/m1/s1. The molecule has 1 saturated heterocycles. The molecule has 2 aromatic rings. The number of H-pyrrole nitrogens is 1. The molecule has 20 heavy (non-hydrogen) atoms. The molecule has 7 nitrogen and oxygen atoms in total. The van der Waals surface area contributed by atoms with Crippen molar-refractivity contribution in [1.29, 1.82) is 0 Å². The average molecular weight is 273 g/mol. The third-order valence-corrected chi connectivity index (χ3v) is 3.09. The van der Waals surface area contributed by atoms with E-state index in [1.54, 1.807) is 25.4 Å². The van der Waals surface area contributed by atoms with E-state index in [9.17, 15) is 4.79 Å². The summed E-state index contributed by atoms with van der Waals surface area (Å²) in [5.74, 6) is 1.21. The van der Waals surface area contributed by atoms with Gasteiger partial charge in [-0.1, -0.05) is 0 Å². The van der Waals surface area contributed by atoms with Gasteiger partial charge in [0.2, 0.25) is 5.95 Å². The zero-order chi connectivity index (χ0) is 13.9. The maximum atomic E-state index is 11.5. The number of nitrogens with one attached hydrogen (secondary N) is 1. The van der Waals surface area contributed by atoms with Crippen LogP contribution in [0.1, 0.15) is 17.6 Å². The quantitative estimate of drug-likeness (QED) is 0.855. The van der Waals surface area contributed by atoms with E-state index in [1.165, 1.54) is 6.07 Å². The summed E-state index contributed by atoms with van der Waals surface area (Å²) in [7, 11) is 0. The van der Waals surface area contributed by atoms with E-state index >= 15 is 0 Å². The molecule has 1 atom stereocenters. The lowest BCUT2D eigenvalue weighted by Crippen LogP contribution is -2.40. The van der Waals surface area contributed by atoms with Crippen molar-refractivity contribution < 1.29 is 4.74 Å². The van der Waals surface area contributed by atoms with Crippen molar-refractivity contribution in [2.24, 2.45) is 0 Å². The Hall–Kier alpha value is -2.28. The summed E-state index contributed by atoms with van der Waals surface area (Å²) in [6, 6.07) is 3.24. The van der Waals surface area contributed by atoms with Crippen LogP contribution in [0.2, 0.25) is 0 Å². The van der Waals surface area contributed by atoms with E-state index in [0.717, 1.165) is 6.54 Å². The van der Waals surface area contributed by atoms with Crippen LogP contribution in [-0.2, 0) is 4.74 Å². The molecule has 0 radical (unpaired) electrons. The van der Waals surface area contributed by atoms with E-state index in [1.807, 2.05) is 4.90 Å². The maximum Gasteiger partial charge on any atom is 0.251 e. The molecule has 0 unspecified atom stereocenters. The smallest absolute Gasteiger partial charge is 0.251 e. The lowest BCUT2D eigenvalue weighted by atomic mass is 10.2. The Kier molecular flexibility index (Phi) is 3.42. The largest absolute Gasteiger partial charge is 0.367 e. The van der Waals surface area contributed by atoms with Crippen molar-refractivity contribution in [1.82, 2.24) is 19.9 Å². The number of anilines is 1.